The van der Waals surface area contributed by atoms with E-state index >= 15 is 8.78 Å². The van der Waals surface area contributed by atoms with Crippen molar-refractivity contribution in [1.29, 1.82) is 0 Å². The molecule has 1 fully saturated rings. The summed E-state index contributed by atoms with van der Waals surface area (Å²) in [6.07, 6.45) is 1.93. The van der Waals surface area contributed by atoms with Gasteiger partial charge in [-0.1, -0.05) is 24.8 Å². The fraction of sp³-hybridized carbons (Fsp3) is 0.414. The Morgan fingerprint density at radius 2 is 1.78 bits per heavy atom. The van der Waals surface area contributed by atoms with E-state index in [1.807, 2.05) is 41.0 Å². The third-order valence-corrected chi connectivity index (χ3v) is 7.54. The summed E-state index contributed by atoms with van der Waals surface area (Å²) >= 11 is 0. The van der Waals surface area contributed by atoms with E-state index in [4.69, 9.17) is 0 Å². The summed E-state index contributed by atoms with van der Waals surface area (Å²) in [6.45, 7) is 10.4. The Hall–Kier alpha value is -3.26. The molecule has 196 valence electrons. The van der Waals surface area contributed by atoms with E-state index in [1.54, 1.807) is 4.90 Å². The van der Waals surface area contributed by atoms with Crippen LogP contribution < -0.4 is 4.90 Å². The molecule has 0 bridgehead atoms. The highest BCUT2D eigenvalue weighted by atomic mass is 19.1. The fourth-order valence-corrected chi connectivity index (χ4v) is 5.83. The molecule has 0 saturated carbocycles. The van der Waals surface area contributed by atoms with Crippen LogP contribution in [0.2, 0.25) is 0 Å². The van der Waals surface area contributed by atoms with E-state index in [2.05, 4.69) is 11.6 Å². The number of rotatable bonds is 5. The molecule has 1 amide bonds. The van der Waals surface area contributed by atoms with Gasteiger partial charge in [-0.25, -0.2) is 13.2 Å². The van der Waals surface area contributed by atoms with Gasteiger partial charge in [0.2, 0.25) is 5.91 Å². The van der Waals surface area contributed by atoms with Gasteiger partial charge in [-0.15, -0.1) is 0 Å². The van der Waals surface area contributed by atoms with Crippen molar-refractivity contribution >= 4 is 22.5 Å². The Labute approximate surface area is 215 Å². The second-order valence-electron chi connectivity index (χ2n) is 10.7. The number of hydrogen-bond acceptors (Lipinski definition) is 3. The number of para-hydroxylation sites is 1. The van der Waals surface area contributed by atoms with Gasteiger partial charge in [-0.2, -0.15) is 0 Å². The minimum atomic E-state index is -1.55. The van der Waals surface area contributed by atoms with Gasteiger partial charge in [0.15, 0.2) is 0 Å². The van der Waals surface area contributed by atoms with E-state index in [-0.39, 0.29) is 24.1 Å². The number of carbonyl (C=O) groups is 1. The number of fused-ring (bicyclic) bond motifs is 3. The van der Waals surface area contributed by atoms with Crippen LogP contribution in [-0.4, -0.2) is 65.1 Å². The zero-order valence-electron chi connectivity index (χ0n) is 21.5. The Kier molecular flexibility index (Phi) is 6.56. The van der Waals surface area contributed by atoms with Crippen molar-refractivity contribution in [2.75, 3.05) is 37.6 Å². The molecule has 37 heavy (non-hydrogen) atoms. The molecule has 3 aromatic rings. The van der Waals surface area contributed by atoms with Gasteiger partial charge in [0.1, 0.15) is 17.3 Å². The molecule has 2 aromatic carbocycles. The lowest BCUT2D eigenvalue weighted by Gasteiger charge is -2.43. The van der Waals surface area contributed by atoms with Gasteiger partial charge >= 0.3 is 0 Å². The number of benzene rings is 2. The first-order valence-corrected chi connectivity index (χ1v) is 12.8. The number of nitrogens with one attached hydrogen (secondary N) is 1. The maximum atomic E-state index is 15.9. The van der Waals surface area contributed by atoms with Gasteiger partial charge in [0.05, 0.1) is 6.04 Å². The molecule has 1 saturated heterocycles. The van der Waals surface area contributed by atoms with E-state index in [1.165, 1.54) is 32.1 Å². The summed E-state index contributed by atoms with van der Waals surface area (Å²) in [5, 5.41) is 1.03. The molecule has 2 aliphatic heterocycles. The van der Waals surface area contributed by atoms with Crippen molar-refractivity contribution < 1.29 is 18.0 Å². The average Bonchev–Trinajstić information content (AvgIpc) is 3.22. The zero-order valence-corrected chi connectivity index (χ0v) is 21.5. The lowest BCUT2D eigenvalue weighted by molar-refractivity contribution is -0.126. The highest BCUT2D eigenvalue weighted by Crippen LogP contribution is 2.43. The molecule has 1 aromatic heterocycles. The summed E-state index contributed by atoms with van der Waals surface area (Å²) in [6, 6.07) is 9.64. The molecular weight excluding hydrogens is 477 g/mol. The lowest BCUT2D eigenvalue weighted by atomic mass is 9.87. The summed E-state index contributed by atoms with van der Waals surface area (Å²) in [5.74, 6) is -1.47. The molecule has 8 heteroatoms. The van der Waals surface area contributed by atoms with Gasteiger partial charge in [0.25, 0.3) is 0 Å². The first kappa shape index (κ1) is 25.4. The number of anilines is 1. The lowest BCUT2D eigenvalue weighted by Crippen LogP contribution is -2.49. The van der Waals surface area contributed by atoms with Gasteiger partial charge in [0, 0.05) is 66.6 Å². The number of amides is 1. The second-order valence-corrected chi connectivity index (χ2v) is 10.7. The SMILES string of the molecule is C=CC(=O)N1CCN(c2cc(F)c([C@@H]3c4[nH]c5ccccc5c4C[C@@H](C)N3CC(C)(C)F)c(F)c2)CC1. The number of carbonyl (C=O) groups excluding carboxylic acids is 1. The molecule has 0 spiro atoms. The predicted octanol–water partition coefficient (Wildman–Crippen LogP) is 5.36. The van der Waals surface area contributed by atoms with Crippen LogP contribution in [0.25, 0.3) is 10.9 Å². The van der Waals surface area contributed by atoms with Crippen molar-refractivity contribution in [3.05, 3.63) is 77.5 Å². The smallest absolute Gasteiger partial charge is 0.246 e. The second kappa shape index (κ2) is 9.56. The molecule has 1 N–H and O–H groups in total. The summed E-state index contributed by atoms with van der Waals surface area (Å²) in [7, 11) is 0. The van der Waals surface area contributed by atoms with Crippen LogP contribution in [0.1, 0.15) is 43.6 Å². The Balaban J connectivity index is 1.56. The molecule has 2 atom stereocenters. The molecule has 2 aliphatic rings. The van der Waals surface area contributed by atoms with Crippen LogP contribution in [-0.2, 0) is 11.2 Å². The standard InChI is InChI=1S/C29H33F3N4O/c1-5-25(37)35-12-10-34(11-13-35)19-15-22(30)26(23(31)16-19)28-27-21(20-8-6-7-9-24(20)33-27)14-18(2)36(28)17-29(3,4)32/h5-9,15-16,18,28,33H,1,10-14,17H2,2-4H3/t18-,28-/m1/s1. The average molecular weight is 511 g/mol. The molecule has 0 radical (unpaired) electrons. The van der Waals surface area contributed by atoms with Gasteiger partial charge in [-0.3, -0.25) is 9.69 Å². The van der Waals surface area contributed by atoms with E-state index in [0.29, 0.717) is 44.0 Å². The topological polar surface area (TPSA) is 42.6 Å². The van der Waals surface area contributed by atoms with Gasteiger partial charge in [-0.05, 0) is 57.0 Å². The molecule has 0 unspecified atom stereocenters. The quantitative estimate of drug-likeness (QED) is 0.470. The highest BCUT2D eigenvalue weighted by Gasteiger charge is 2.41. The third kappa shape index (κ3) is 4.75. The third-order valence-electron chi connectivity index (χ3n) is 7.54. The first-order valence-electron chi connectivity index (χ1n) is 12.8. The molecule has 3 heterocycles. The summed E-state index contributed by atoms with van der Waals surface area (Å²) < 4.78 is 46.8. The predicted molar refractivity (Wildman–Crippen MR) is 141 cm³/mol. The van der Waals surface area contributed by atoms with Crippen LogP contribution >= 0.6 is 0 Å². The van der Waals surface area contributed by atoms with Gasteiger partial charge < -0.3 is 14.8 Å². The number of H-pyrrole nitrogens is 1. The van der Waals surface area contributed by atoms with Crippen molar-refractivity contribution in [1.82, 2.24) is 14.8 Å². The number of hydrogen-bond donors (Lipinski definition) is 1. The normalized spacial score (nSPS) is 20.8. The fourth-order valence-electron chi connectivity index (χ4n) is 5.83. The number of aromatic amines is 1. The van der Waals surface area contributed by atoms with Crippen molar-refractivity contribution in [3.63, 3.8) is 0 Å². The summed E-state index contributed by atoms with van der Waals surface area (Å²) in [4.78, 5) is 20.7. The molecule has 5 rings (SSSR count). The van der Waals surface area contributed by atoms with Crippen LogP contribution in [0.4, 0.5) is 18.9 Å². The van der Waals surface area contributed by atoms with Crippen molar-refractivity contribution in [2.24, 2.45) is 0 Å². The minimum Gasteiger partial charge on any atom is -0.368 e. The van der Waals surface area contributed by atoms with Crippen molar-refractivity contribution in [3.8, 4) is 0 Å². The van der Waals surface area contributed by atoms with Crippen LogP contribution in [0.3, 0.4) is 0 Å². The van der Waals surface area contributed by atoms with Crippen LogP contribution in [0.15, 0.2) is 49.1 Å². The van der Waals surface area contributed by atoms with Crippen molar-refractivity contribution in [2.45, 2.75) is 44.9 Å². The number of aromatic nitrogens is 1. The number of nitrogens with zero attached hydrogens (tertiary/aromatic N) is 3. The first-order chi connectivity index (χ1) is 17.6. The highest BCUT2D eigenvalue weighted by molar-refractivity contribution is 5.87. The van der Waals surface area contributed by atoms with Crippen LogP contribution in [0.5, 0.6) is 0 Å². The Morgan fingerprint density at radius 3 is 2.41 bits per heavy atom. The van der Waals surface area contributed by atoms with E-state index in [9.17, 15) is 9.18 Å². The number of piperazine rings is 1. The van der Waals surface area contributed by atoms with Crippen LogP contribution in [0, 0.1) is 11.6 Å². The molecule has 5 nitrogen and oxygen atoms in total. The van der Waals surface area contributed by atoms with E-state index < -0.39 is 23.3 Å². The largest absolute Gasteiger partial charge is 0.368 e. The molecule has 0 aliphatic carbocycles. The number of halogens is 3. The minimum absolute atomic E-state index is 0.0353. The maximum Gasteiger partial charge on any atom is 0.246 e. The number of alkyl halides is 1. The van der Waals surface area contributed by atoms with E-state index in [0.717, 1.165) is 16.5 Å². The maximum absolute atomic E-state index is 15.9. The Morgan fingerprint density at radius 1 is 1.14 bits per heavy atom. The zero-order chi connectivity index (χ0) is 26.5. The Bertz CT molecular complexity index is 1310. The molecular formula is C29H33F3N4O. The summed E-state index contributed by atoms with van der Waals surface area (Å²) in [5.41, 5.74) is 1.44. The monoisotopic (exact) mass is 510 g/mol.